The van der Waals surface area contributed by atoms with Gasteiger partial charge in [0.15, 0.2) is 0 Å². The Balaban J connectivity index is 2.36. The first kappa shape index (κ1) is 16.4. The largest absolute Gasteiger partial charge is 0.261 e. The van der Waals surface area contributed by atoms with Gasteiger partial charge in [0.25, 0.3) is 0 Å². The van der Waals surface area contributed by atoms with E-state index in [0.717, 1.165) is 12.1 Å². The van der Waals surface area contributed by atoms with Crippen LogP contribution in [-0.2, 0) is 16.4 Å². The second-order valence-corrected chi connectivity index (χ2v) is 7.51. The molecule has 0 aliphatic heterocycles. The minimum atomic E-state index is -3.29. The second kappa shape index (κ2) is 7.82. The number of alkyl halides is 1. The monoisotopic (exact) mass is 304 g/mol. The summed E-state index contributed by atoms with van der Waals surface area (Å²) < 4.78 is 26.1. The molecule has 0 aliphatic carbocycles. The Labute approximate surface area is 120 Å². The van der Waals surface area contributed by atoms with Gasteiger partial charge in [0.2, 0.25) is 10.0 Å². The average molecular weight is 305 g/mol. The highest BCUT2D eigenvalue weighted by molar-refractivity contribution is 7.89. The molecule has 0 amide bonds. The van der Waals surface area contributed by atoms with Crippen LogP contribution in [0.15, 0.2) is 24.4 Å². The third-order valence-electron chi connectivity index (χ3n) is 2.60. The van der Waals surface area contributed by atoms with Crippen molar-refractivity contribution in [2.45, 2.75) is 32.1 Å². The maximum absolute atomic E-state index is 11.8. The van der Waals surface area contributed by atoms with Gasteiger partial charge in [-0.2, -0.15) is 0 Å². The van der Waals surface area contributed by atoms with E-state index in [4.69, 9.17) is 11.6 Å². The maximum atomic E-state index is 11.8. The number of hydrogen-bond acceptors (Lipinski definition) is 3. The minimum absolute atomic E-state index is 0.0370. The van der Waals surface area contributed by atoms with E-state index in [-0.39, 0.29) is 17.7 Å². The van der Waals surface area contributed by atoms with Crippen molar-refractivity contribution in [3.8, 4) is 0 Å². The quantitative estimate of drug-likeness (QED) is 0.749. The van der Waals surface area contributed by atoms with Crippen LogP contribution in [0.5, 0.6) is 0 Å². The van der Waals surface area contributed by atoms with Crippen LogP contribution < -0.4 is 4.72 Å². The van der Waals surface area contributed by atoms with Crippen molar-refractivity contribution < 1.29 is 8.42 Å². The van der Waals surface area contributed by atoms with Gasteiger partial charge >= 0.3 is 0 Å². The van der Waals surface area contributed by atoms with Gasteiger partial charge in [-0.3, -0.25) is 4.98 Å². The Morgan fingerprint density at radius 2 is 2.11 bits per heavy atom. The molecule has 0 spiro atoms. The molecule has 0 bridgehead atoms. The molecule has 0 aromatic carbocycles. The van der Waals surface area contributed by atoms with Crippen LogP contribution >= 0.6 is 11.6 Å². The Morgan fingerprint density at radius 1 is 1.37 bits per heavy atom. The predicted molar refractivity (Wildman–Crippen MR) is 78.8 cm³/mol. The van der Waals surface area contributed by atoms with Crippen LogP contribution in [-0.4, -0.2) is 31.1 Å². The van der Waals surface area contributed by atoms with Crippen LogP contribution in [0.2, 0.25) is 0 Å². The van der Waals surface area contributed by atoms with E-state index in [9.17, 15) is 8.42 Å². The van der Waals surface area contributed by atoms with Crippen molar-refractivity contribution in [2.75, 3.05) is 12.3 Å². The van der Waals surface area contributed by atoms with Gasteiger partial charge in [0.05, 0.1) is 5.75 Å². The molecule has 0 radical (unpaired) electrons. The zero-order chi connectivity index (χ0) is 14.3. The van der Waals surface area contributed by atoms with Gasteiger partial charge in [-0.15, -0.1) is 11.6 Å². The SMILES string of the molecule is CC(C)CC(Cl)CNS(=O)(=O)CCc1ccccn1. The number of nitrogens with zero attached hydrogens (tertiary/aromatic N) is 1. The third-order valence-corrected chi connectivity index (χ3v) is 4.29. The molecule has 6 heteroatoms. The Hall–Kier alpha value is -0.650. The molecular formula is C13H21ClN2O2S. The minimum Gasteiger partial charge on any atom is -0.261 e. The Bertz CT molecular complexity index is 463. The molecule has 0 saturated heterocycles. The van der Waals surface area contributed by atoms with E-state index < -0.39 is 10.0 Å². The first-order valence-corrected chi connectivity index (χ1v) is 8.49. The number of hydrogen-bond donors (Lipinski definition) is 1. The summed E-state index contributed by atoms with van der Waals surface area (Å²) in [5.74, 6) is 0.496. The van der Waals surface area contributed by atoms with Gasteiger partial charge in [-0.05, 0) is 24.5 Å². The number of pyridine rings is 1. The fourth-order valence-electron chi connectivity index (χ4n) is 1.67. The van der Waals surface area contributed by atoms with Gasteiger partial charge < -0.3 is 0 Å². The lowest BCUT2D eigenvalue weighted by molar-refractivity contribution is 0.544. The Kier molecular flexibility index (Phi) is 6.75. The van der Waals surface area contributed by atoms with Crippen molar-refractivity contribution in [3.05, 3.63) is 30.1 Å². The molecule has 1 heterocycles. The van der Waals surface area contributed by atoms with Crippen LogP contribution in [0.1, 0.15) is 26.0 Å². The lowest BCUT2D eigenvalue weighted by atomic mass is 10.1. The smallest absolute Gasteiger partial charge is 0.212 e. The highest BCUT2D eigenvalue weighted by Crippen LogP contribution is 2.10. The van der Waals surface area contributed by atoms with Crippen molar-refractivity contribution in [1.82, 2.24) is 9.71 Å². The second-order valence-electron chi connectivity index (χ2n) is 4.97. The molecule has 0 saturated carbocycles. The highest BCUT2D eigenvalue weighted by Gasteiger charge is 2.14. The maximum Gasteiger partial charge on any atom is 0.212 e. The molecule has 1 aromatic heterocycles. The molecule has 4 nitrogen and oxygen atoms in total. The molecule has 1 rings (SSSR count). The van der Waals surface area contributed by atoms with E-state index in [2.05, 4.69) is 23.6 Å². The van der Waals surface area contributed by atoms with Crippen molar-refractivity contribution in [3.63, 3.8) is 0 Å². The fraction of sp³-hybridized carbons (Fsp3) is 0.615. The van der Waals surface area contributed by atoms with Gasteiger partial charge in [-0.25, -0.2) is 13.1 Å². The van der Waals surface area contributed by atoms with E-state index >= 15 is 0 Å². The average Bonchev–Trinajstić information content (AvgIpc) is 2.35. The molecule has 0 fully saturated rings. The van der Waals surface area contributed by atoms with E-state index in [1.165, 1.54) is 0 Å². The zero-order valence-electron chi connectivity index (χ0n) is 11.3. The summed E-state index contributed by atoms with van der Waals surface area (Å²) in [5.41, 5.74) is 0.775. The number of halogens is 1. The standard InChI is InChI=1S/C13H21ClN2O2S/c1-11(2)9-12(14)10-16-19(17,18)8-6-13-5-3-4-7-15-13/h3-5,7,11-12,16H,6,8-10H2,1-2H3. The summed E-state index contributed by atoms with van der Waals surface area (Å²) in [5, 5.41) is -0.162. The predicted octanol–water partition coefficient (Wildman–Crippen LogP) is 2.20. The molecule has 1 unspecified atom stereocenters. The third kappa shape index (κ3) is 7.50. The topological polar surface area (TPSA) is 59.1 Å². The van der Waals surface area contributed by atoms with Gasteiger partial charge in [0, 0.05) is 30.2 Å². The van der Waals surface area contributed by atoms with Crippen LogP contribution in [0, 0.1) is 5.92 Å². The normalized spacial score (nSPS) is 13.7. The van der Waals surface area contributed by atoms with E-state index in [0.29, 0.717) is 12.3 Å². The lowest BCUT2D eigenvalue weighted by Crippen LogP contribution is -2.32. The fourth-order valence-corrected chi connectivity index (χ4v) is 3.27. The number of rotatable bonds is 8. The van der Waals surface area contributed by atoms with Gasteiger partial charge in [0.1, 0.15) is 0 Å². The molecular weight excluding hydrogens is 284 g/mol. The number of aromatic nitrogens is 1. The summed E-state index contributed by atoms with van der Waals surface area (Å²) in [6.07, 6.45) is 2.87. The zero-order valence-corrected chi connectivity index (χ0v) is 12.9. The molecule has 108 valence electrons. The summed E-state index contributed by atoms with van der Waals surface area (Å²) in [6.45, 7) is 4.40. The number of nitrogens with one attached hydrogen (secondary N) is 1. The first-order valence-electron chi connectivity index (χ1n) is 6.40. The van der Waals surface area contributed by atoms with Crippen molar-refractivity contribution in [1.29, 1.82) is 0 Å². The van der Waals surface area contributed by atoms with Crippen LogP contribution in [0.4, 0.5) is 0 Å². The highest BCUT2D eigenvalue weighted by atomic mass is 35.5. The molecule has 1 atom stereocenters. The number of aryl methyl sites for hydroxylation is 1. The van der Waals surface area contributed by atoms with Crippen LogP contribution in [0.3, 0.4) is 0 Å². The molecule has 1 N–H and O–H groups in total. The Morgan fingerprint density at radius 3 is 2.68 bits per heavy atom. The van der Waals surface area contributed by atoms with Crippen molar-refractivity contribution >= 4 is 21.6 Å². The summed E-state index contributed by atoms with van der Waals surface area (Å²) in [6, 6.07) is 5.47. The molecule has 19 heavy (non-hydrogen) atoms. The van der Waals surface area contributed by atoms with Crippen LogP contribution in [0.25, 0.3) is 0 Å². The number of sulfonamides is 1. The van der Waals surface area contributed by atoms with Crippen molar-refractivity contribution in [2.24, 2.45) is 5.92 Å². The molecule has 1 aromatic rings. The summed E-state index contributed by atoms with van der Waals surface area (Å²) in [7, 11) is -3.29. The first-order chi connectivity index (χ1) is 8.89. The van der Waals surface area contributed by atoms with E-state index in [1.807, 2.05) is 12.1 Å². The summed E-state index contributed by atoms with van der Waals surface area (Å²) >= 11 is 6.06. The summed E-state index contributed by atoms with van der Waals surface area (Å²) in [4.78, 5) is 4.10. The van der Waals surface area contributed by atoms with E-state index in [1.54, 1.807) is 12.3 Å². The lowest BCUT2D eigenvalue weighted by Gasteiger charge is -2.13. The molecule has 0 aliphatic rings. The van der Waals surface area contributed by atoms with Gasteiger partial charge in [-0.1, -0.05) is 19.9 Å².